The number of aryl methyl sites for hydroxylation is 1. The van der Waals surface area contributed by atoms with Gasteiger partial charge < -0.3 is 54.1 Å². The number of halogens is 9. The molecule has 0 spiro atoms. The molecule has 0 saturated carbocycles. The molecule has 42 heteroatoms. The van der Waals surface area contributed by atoms with E-state index in [9.17, 15) is 88.9 Å². The Balaban J connectivity index is 0. The maximum atomic E-state index is 12.3. The summed E-state index contributed by atoms with van der Waals surface area (Å²) < 4.78 is 33.6. The van der Waals surface area contributed by atoms with Crippen LogP contribution in [0.25, 0.3) is 0 Å². The molecule has 31 nitrogen and oxygen atoms in total. The number of nitro groups is 5. The van der Waals surface area contributed by atoms with Gasteiger partial charge in [-0.25, -0.2) is 28.8 Å². The van der Waals surface area contributed by atoms with Gasteiger partial charge in [0.05, 0.1) is 58.0 Å². The van der Waals surface area contributed by atoms with Crippen LogP contribution in [-0.4, -0.2) is 84.9 Å². The van der Waals surface area contributed by atoms with Gasteiger partial charge in [0.2, 0.25) is 0 Å². The number of benzene rings is 11. The molecule has 667 valence electrons. The topological polar surface area (TPSA) is 454 Å². The van der Waals surface area contributed by atoms with Crippen LogP contribution in [0.4, 0.5) is 34.1 Å². The Labute approximate surface area is 828 Å². The van der Waals surface area contributed by atoms with E-state index in [0.29, 0.717) is 26.7 Å². The first-order valence-electron chi connectivity index (χ1n) is 34.2. The third-order valence-corrected chi connectivity index (χ3v) is 14.2. The first-order valence-corrected chi connectivity index (χ1v) is 60.6. The van der Waals surface area contributed by atoms with Gasteiger partial charge >= 0.3 is 150 Å². The Morgan fingerprint density at radius 3 is 0.683 bits per heavy atom. The number of phenolic OH excluding ortho intramolecular Hbond substituents is 1. The van der Waals surface area contributed by atoms with E-state index in [1.165, 1.54) is 203 Å². The molecule has 11 rings (SSSR count). The summed E-state index contributed by atoms with van der Waals surface area (Å²) in [5, 5.41) is 60.2. The Hall–Kier alpha value is -8.96. The minimum atomic E-state index is -0.770. The summed E-state index contributed by atoms with van der Waals surface area (Å²) in [6, 6.07) is 61.7. The molecule has 0 aromatic heterocycles. The molecule has 0 aliphatic carbocycles. The van der Waals surface area contributed by atoms with E-state index in [2.05, 4.69) is 159 Å². The van der Waals surface area contributed by atoms with Gasteiger partial charge in [0.1, 0.15) is 40.2 Å². The van der Waals surface area contributed by atoms with Crippen LogP contribution < -0.4 is 34.2 Å². The minimum absolute atomic E-state index is 0. The molecule has 0 saturated heterocycles. The van der Waals surface area contributed by atoms with E-state index in [1.54, 1.807) is 60.7 Å². The predicted octanol–water partition coefficient (Wildman–Crippen LogP) is 25.5. The number of aromatic hydroxyl groups is 1. The van der Waals surface area contributed by atoms with Crippen molar-refractivity contribution in [2.75, 3.05) is 14.6 Å². The number of ether oxygens (including phenoxy) is 6. The molecule has 0 radical (unpaired) electrons. The second kappa shape index (κ2) is 66.4. The molecule has 0 fully saturated rings. The summed E-state index contributed by atoms with van der Waals surface area (Å²) in [7, 11) is 0.628. The molecule has 0 unspecified atom stereocenters. The normalized spacial score (nSPS) is 9.29. The van der Waals surface area contributed by atoms with E-state index in [0.717, 1.165) is 5.56 Å². The van der Waals surface area contributed by atoms with Crippen molar-refractivity contribution in [3.05, 3.63) is 382 Å². The van der Waals surface area contributed by atoms with Crippen LogP contribution >= 0.6 is 168 Å². The quantitative estimate of drug-likeness (QED) is 0.00873. The number of carbonyl (C=O) groups excluding carboxylic acids is 8. The Kier molecular flexibility index (Phi) is 62.8. The number of non-ortho nitro benzene ring substituents is 5. The monoisotopic (exact) mass is 2630 g/mol. The maximum absolute atomic E-state index is 12.3. The van der Waals surface area contributed by atoms with Crippen molar-refractivity contribution in [1.29, 1.82) is 0 Å². The molecule has 0 atom stereocenters. The van der Waals surface area contributed by atoms with E-state index in [-0.39, 0.29) is 129 Å². The third-order valence-electron chi connectivity index (χ3n) is 13.7. The van der Waals surface area contributed by atoms with Crippen molar-refractivity contribution >= 4 is 249 Å². The number of hydrogen-bond acceptors (Lipinski definition) is 26. The van der Waals surface area contributed by atoms with Gasteiger partial charge in [0, 0.05) is 77.5 Å². The molecule has 0 aliphatic heterocycles. The van der Waals surface area contributed by atoms with Crippen molar-refractivity contribution < 1.29 is 111 Å². The van der Waals surface area contributed by atoms with E-state index >= 15 is 0 Å². The first-order chi connectivity index (χ1) is 58.4. The zero-order valence-electron chi connectivity index (χ0n) is 66.2. The number of alkyl halides is 2. The number of nitrogens with zero attached hydrogens (tertiary/aromatic N) is 5. The van der Waals surface area contributed by atoms with Gasteiger partial charge in [0.25, 0.3) is 38.9 Å². The van der Waals surface area contributed by atoms with Crippen LogP contribution in [0.3, 0.4) is 0 Å². The van der Waals surface area contributed by atoms with Gasteiger partial charge in [-0.05, 0) is 197 Å². The van der Waals surface area contributed by atoms with Crippen molar-refractivity contribution in [2.24, 2.45) is 0 Å². The second-order valence-corrected chi connectivity index (χ2v) is 73.1. The van der Waals surface area contributed by atoms with Gasteiger partial charge in [-0.2, -0.15) is 0 Å². The van der Waals surface area contributed by atoms with Crippen LogP contribution in [-0.2, 0) is 14.4 Å². The van der Waals surface area contributed by atoms with Crippen molar-refractivity contribution in [1.82, 2.24) is 0 Å². The van der Waals surface area contributed by atoms with Crippen molar-refractivity contribution in [3.8, 4) is 40.2 Å². The summed E-state index contributed by atoms with van der Waals surface area (Å²) in [5.74, 6) is -2.94. The van der Waals surface area contributed by atoms with Crippen molar-refractivity contribution in [3.63, 3.8) is 0 Å². The zero-order chi connectivity index (χ0) is 92.3. The van der Waals surface area contributed by atoms with Gasteiger partial charge in [0.15, 0.2) is 0 Å². The van der Waals surface area contributed by atoms with E-state index < -0.39 is 70.9 Å². The van der Waals surface area contributed by atoms with Gasteiger partial charge in [-0.3, -0.25) is 60.2 Å². The molecule has 3 N–H and O–H groups in total. The number of rotatable bonds is 19. The fourth-order valence-electron chi connectivity index (χ4n) is 8.34. The van der Waals surface area contributed by atoms with E-state index in [4.69, 9.17) is 62.5 Å². The first kappa shape index (κ1) is 119. The van der Waals surface area contributed by atoms with Crippen LogP contribution in [0, 0.1) is 72.3 Å². The van der Waals surface area contributed by atoms with Gasteiger partial charge in [-0.1, -0.05) is 134 Å². The summed E-state index contributed by atoms with van der Waals surface area (Å²) in [4.78, 5) is 145. The number of nitro benzene ring substituents is 5. The summed E-state index contributed by atoms with van der Waals surface area (Å²) in [5.41, 5.74) is 7.93. The molecular formula is C84H76Cl2I7N6O25V2-2. The standard InChI is InChI=1S/C21H17NO4.2C20H12N2O8.C8H4Cl2O2.C6H5NO3.2C2H5I.C2H6.CH4.2CH3.5HI.2V/c1-14-5-9-18(10-6-14)25-20(23)15-3-2-4-16(13-15)21(24)26-19-11-7-17(22)8-12-19;2*23-19(29-17-8-4-15(5-9-17)21(25)26)13-2-1-3-14(12-13)20(24)30-18-10-6-16(7-11-18)22(27)28;9-7(11)5-2-1-3-6(4-5)8(10)12;8-6-3-1-5(2-4-6)7(9)10;2*1-2-3;1-2;;;;;;;;;;/h2-13H,22H2,1H3;2*1-12H;1-4H;1-4,8H;2*2H2,1H3;1-2H3;1H4;2*1H3;5*1H;;/q;;;;;;;;;2*-1;;;;;;+2;+3/p-5. The fourth-order valence-corrected chi connectivity index (χ4v) is 8.57. The summed E-state index contributed by atoms with van der Waals surface area (Å²) in [6.45, 7) is 10.2. The number of hydrogen-bond donors (Lipinski definition) is 2. The van der Waals surface area contributed by atoms with Crippen LogP contribution in [0.2, 0.25) is 0 Å². The average molecular weight is 2630 g/mol. The molecule has 0 heterocycles. The van der Waals surface area contributed by atoms with Crippen LogP contribution in [0.1, 0.15) is 124 Å². The summed E-state index contributed by atoms with van der Waals surface area (Å²) in [6.07, 6.45) is 0. The molecule has 0 aliphatic rings. The van der Waals surface area contributed by atoms with Gasteiger partial charge in [-0.15, -0.1) is 0 Å². The molecule has 11 aromatic carbocycles. The van der Waals surface area contributed by atoms with Crippen LogP contribution in [0.5, 0.6) is 40.2 Å². The molecule has 126 heavy (non-hydrogen) atoms. The average Bonchev–Trinajstić information content (AvgIpc) is 0.846. The Morgan fingerprint density at radius 2 is 0.508 bits per heavy atom. The third kappa shape index (κ3) is 47.7. The predicted molar refractivity (Wildman–Crippen MR) is 535 cm³/mol. The zero-order valence-corrected chi connectivity index (χ0v) is 85.6. The number of phenols is 1. The van der Waals surface area contributed by atoms with Crippen molar-refractivity contribution in [2.45, 2.75) is 42.0 Å². The van der Waals surface area contributed by atoms with Crippen LogP contribution in [0.15, 0.2) is 267 Å². The number of carbonyl (C=O) groups is 8. The Morgan fingerprint density at radius 1 is 0.357 bits per heavy atom. The Bertz CT molecular complexity index is 4870. The van der Waals surface area contributed by atoms with E-state index in [1.807, 2.05) is 32.9 Å². The molecular weight excluding hydrogens is 2550 g/mol. The second-order valence-electron chi connectivity index (χ2n) is 22.2. The number of nitrogens with two attached hydrogens (primary N) is 1. The molecule has 11 aromatic rings. The summed E-state index contributed by atoms with van der Waals surface area (Å²) >= 11 is 27.1. The molecule has 0 amide bonds. The number of esters is 6. The SMILES string of the molecule is C.CC.CCI.CCI.Cc1ccc(OC(=O)c2cccc(C(=O)Oc3ccc(N)cc3)c2)cc1.O=C(Cl)c1cccc(C(=O)Cl)c1.O=C(Oc1ccc([N+](=O)[O-])cc1)c1cccc(C(=O)Oc2ccc([N+](=O)[O-])cc2)c1.O=C(Oc1ccc([N+](=O)[O-])cc1)c1cccc(C(=O)Oc2ccc([N+](=O)[O-])cc2)c1.O=[N+]([O-])c1ccc(O)cc1.[CH3-].[CH3-].[I][V]([I])[I].[I][V][I]. The number of anilines is 1. The fraction of sp³-hybridized carbons (Fsp3) is 0.0952. The number of nitrogen functional groups attached to an aromatic ring is 1. The molecule has 0 bridgehead atoms.